The van der Waals surface area contributed by atoms with Crippen molar-refractivity contribution in [3.63, 3.8) is 0 Å². The molecule has 3 nitrogen and oxygen atoms in total. The second-order valence-electron chi connectivity index (χ2n) is 4.03. The summed E-state index contributed by atoms with van der Waals surface area (Å²) in [4.78, 5) is 0.0102. The third-order valence-electron chi connectivity index (χ3n) is 2.56. The molecule has 0 saturated heterocycles. The summed E-state index contributed by atoms with van der Waals surface area (Å²) in [5, 5.41) is 0. The highest BCUT2D eigenvalue weighted by Crippen LogP contribution is 2.22. The molecule has 2 rings (SSSR count). The number of nitrogens with one attached hydrogen (secondary N) is 1. The monoisotopic (exact) mass is 421 g/mol. The van der Waals surface area contributed by atoms with Gasteiger partial charge >= 0.3 is 0 Å². The van der Waals surface area contributed by atoms with E-state index < -0.39 is 15.8 Å². The number of benzene rings is 2. The summed E-state index contributed by atoms with van der Waals surface area (Å²) in [7, 11) is -3.69. The molecule has 0 aliphatic carbocycles. The Morgan fingerprint density at radius 3 is 2.30 bits per heavy atom. The van der Waals surface area contributed by atoms with Gasteiger partial charge in [-0.05, 0) is 51.8 Å². The first-order valence-electron chi connectivity index (χ1n) is 5.58. The van der Waals surface area contributed by atoms with Crippen LogP contribution in [0.2, 0.25) is 0 Å². The Bertz CT molecular complexity index is 718. The van der Waals surface area contributed by atoms with Crippen LogP contribution in [0.5, 0.6) is 0 Å². The van der Waals surface area contributed by atoms with Gasteiger partial charge in [0.1, 0.15) is 5.82 Å². The maximum Gasteiger partial charge on any atom is 0.241 e. The van der Waals surface area contributed by atoms with Gasteiger partial charge in [-0.15, -0.1) is 0 Å². The molecule has 1 N–H and O–H groups in total. The summed E-state index contributed by atoms with van der Waals surface area (Å²) in [5.74, 6) is -0.497. The molecule has 7 heteroatoms. The summed E-state index contributed by atoms with van der Waals surface area (Å²) >= 11 is 6.36. The number of hydrogen-bond donors (Lipinski definition) is 1. The first kappa shape index (κ1) is 15.6. The fraction of sp³-hybridized carbons (Fsp3) is 0.0769. The Morgan fingerprint density at radius 1 is 1.05 bits per heavy atom. The van der Waals surface area contributed by atoms with Crippen LogP contribution in [0, 0.1) is 5.82 Å². The molecular weight excluding hydrogens is 413 g/mol. The molecule has 0 aromatic heterocycles. The fourth-order valence-electron chi connectivity index (χ4n) is 1.55. The Kier molecular flexibility index (Phi) is 4.95. The van der Waals surface area contributed by atoms with Crippen LogP contribution < -0.4 is 4.72 Å². The standard InChI is InChI=1S/C13H10Br2FNO2S/c14-10-3-1-9(2-4-10)8-17-20(18,19)13-6-5-11(16)7-12(13)15/h1-7,17H,8H2. The highest BCUT2D eigenvalue weighted by atomic mass is 79.9. The Hall–Kier alpha value is -0.760. The Morgan fingerprint density at radius 2 is 1.70 bits per heavy atom. The van der Waals surface area contributed by atoms with Crippen LogP contribution in [0.25, 0.3) is 0 Å². The van der Waals surface area contributed by atoms with E-state index in [9.17, 15) is 12.8 Å². The van der Waals surface area contributed by atoms with Gasteiger partial charge in [-0.1, -0.05) is 28.1 Å². The quantitative estimate of drug-likeness (QED) is 0.813. The normalized spacial score (nSPS) is 11.6. The van der Waals surface area contributed by atoms with Crippen LogP contribution in [0.1, 0.15) is 5.56 Å². The highest BCUT2D eigenvalue weighted by Gasteiger charge is 2.17. The van der Waals surface area contributed by atoms with E-state index in [-0.39, 0.29) is 15.9 Å². The molecule has 0 atom stereocenters. The molecule has 0 bridgehead atoms. The van der Waals surface area contributed by atoms with Gasteiger partial charge in [0.15, 0.2) is 0 Å². The molecule has 0 saturated carbocycles. The van der Waals surface area contributed by atoms with Crippen molar-refractivity contribution < 1.29 is 12.8 Å². The number of rotatable bonds is 4. The van der Waals surface area contributed by atoms with Gasteiger partial charge in [-0.2, -0.15) is 0 Å². The van der Waals surface area contributed by atoms with Gasteiger partial charge in [0, 0.05) is 15.5 Å². The summed E-state index contributed by atoms with van der Waals surface area (Å²) in [6.45, 7) is 0.166. The van der Waals surface area contributed by atoms with Crippen LogP contribution in [0.15, 0.2) is 56.3 Å². The van der Waals surface area contributed by atoms with Crippen molar-refractivity contribution >= 4 is 41.9 Å². The summed E-state index contributed by atoms with van der Waals surface area (Å²) in [5.41, 5.74) is 0.829. The number of halogens is 3. The molecule has 0 heterocycles. The van der Waals surface area contributed by atoms with Crippen LogP contribution in [0.3, 0.4) is 0 Å². The average molecular weight is 423 g/mol. The predicted molar refractivity (Wildman–Crippen MR) is 82.3 cm³/mol. The maximum absolute atomic E-state index is 13.0. The molecule has 20 heavy (non-hydrogen) atoms. The first-order valence-corrected chi connectivity index (χ1v) is 8.64. The van der Waals surface area contributed by atoms with E-state index in [4.69, 9.17) is 0 Å². The van der Waals surface area contributed by atoms with E-state index in [0.29, 0.717) is 0 Å². The lowest BCUT2D eigenvalue weighted by molar-refractivity contribution is 0.579. The van der Waals surface area contributed by atoms with E-state index in [1.165, 1.54) is 6.07 Å². The molecule has 0 unspecified atom stereocenters. The molecule has 2 aromatic carbocycles. The van der Waals surface area contributed by atoms with E-state index in [2.05, 4.69) is 36.6 Å². The van der Waals surface area contributed by atoms with Crippen LogP contribution in [-0.2, 0) is 16.6 Å². The predicted octanol–water partition coefficient (Wildman–Crippen LogP) is 3.83. The zero-order chi connectivity index (χ0) is 14.8. The third kappa shape index (κ3) is 3.88. The summed E-state index contributed by atoms with van der Waals surface area (Å²) in [6.07, 6.45) is 0. The Balaban J connectivity index is 2.17. The first-order chi connectivity index (χ1) is 9.38. The van der Waals surface area contributed by atoms with Crippen molar-refractivity contribution in [1.82, 2.24) is 4.72 Å². The lowest BCUT2D eigenvalue weighted by Gasteiger charge is -2.08. The zero-order valence-electron chi connectivity index (χ0n) is 10.1. The number of hydrogen-bond acceptors (Lipinski definition) is 2. The SMILES string of the molecule is O=S(=O)(NCc1ccc(Br)cc1)c1ccc(F)cc1Br. The molecular formula is C13H10Br2FNO2S. The average Bonchev–Trinajstić information content (AvgIpc) is 2.37. The van der Waals surface area contributed by atoms with Crippen LogP contribution in [-0.4, -0.2) is 8.42 Å². The van der Waals surface area contributed by atoms with E-state index >= 15 is 0 Å². The van der Waals surface area contributed by atoms with Crippen LogP contribution in [0.4, 0.5) is 4.39 Å². The van der Waals surface area contributed by atoms with Crippen molar-refractivity contribution in [2.45, 2.75) is 11.4 Å². The molecule has 0 radical (unpaired) electrons. The van der Waals surface area contributed by atoms with Crippen LogP contribution >= 0.6 is 31.9 Å². The van der Waals surface area contributed by atoms with Gasteiger partial charge in [-0.25, -0.2) is 17.5 Å². The second kappa shape index (κ2) is 6.34. The van der Waals surface area contributed by atoms with Crippen molar-refractivity contribution in [3.8, 4) is 0 Å². The summed E-state index contributed by atoms with van der Waals surface area (Å²) < 4.78 is 40.8. The smallest absolute Gasteiger partial charge is 0.207 e. The summed E-state index contributed by atoms with van der Waals surface area (Å²) in [6, 6.07) is 10.7. The molecule has 2 aromatic rings. The lowest BCUT2D eigenvalue weighted by Crippen LogP contribution is -2.23. The van der Waals surface area contributed by atoms with Gasteiger partial charge < -0.3 is 0 Å². The Labute approximate surface area is 133 Å². The van der Waals surface area contributed by atoms with Crippen molar-refractivity contribution in [2.75, 3.05) is 0 Å². The maximum atomic E-state index is 13.0. The third-order valence-corrected chi connectivity index (χ3v) is 5.47. The van der Waals surface area contributed by atoms with Gasteiger partial charge in [0.2, 0.25) is 10.0 Å². The van der Waals surface area contributed by atoms with Crippen molar-refractivity contribution in [2.24, 2.45) is 0 Å². The number of sulfonamides is 1. The minimum atomic E-state index is -3.69. The minimum Gasteiger partial charge on any atom is -0.207 e. The lowest BCUT2D eigenvalue weighted by atomic mass is 10.2. The molecule has 106 valence electrons. The van der Waals surface area contributed by atoms with E-state index in [1.54, 1.807) is 0 Å². The zero-order valence-corrected chi connectivity index (χ0v) is 14.1. The highest BCUT2D eigenvalue weighted by molar-refractivity contribution is 9.10. The molecule has 0 amide bonds. The molecule has 0 fully saturated rings. The second-order valence-corrected chi connectivity index (χ2v) is 7.53. The van der Waals surface area contributed by atoms with Crippen molar-refractivity contribution in [1.29, 1.82) is 0 Å². The van der Waals surface area contributed by atoms with Gasteiger partial charge in [0.05, 0.1) is 4.90 Å². The molecule has 0 spiro atoms. The van der Waals surface area contributed by atoms with E-state index in [0.717, 1.165) is 22.2 Å². The van der Waals surface area contributed by atoms with E-state index in [1.807, 2.05) is 24.3 Å². The van der Waals surface area contributed by atoms with Gasteiger partial charge in [0.25, 0.3) is 0 Å². The van der Waals surface area contributed by atoms with Crippen molar-refractivity contribution in [3.05, 3.63) is 62.8 Å². The molecule has 0 aliphatic rings. The minimum absolute atomic E-state index is 0.0102. The molecule has 0 aliphatic heterocycles. The fourth-order valence-corrected chi connectivity index (χ4v) is 3.88. The van der Waals surface area contributed by atoms with Gasteiger partial charge in [-0.3, -0.25) is 0 Å². The largest absolute Gasteiger partial charge is 0.241 e. The topological polar surface area (TPSA) is 46.2 Å².